The van der Waals surface area contributed by atoms with Crippen LogP contribution in [0.15, 0.2) is 65.9 Å². The van der Waals surface area contributed by atoms with Crippen LogP contribution in [0.5, 0.6) is 5.75 Å². The Hall–Kier alpha value is -3.08. The van der Waals surface area contributed by atoms with Gasteiger partial charge in [-0.2, -0.15) is 0 Å². The molecule has 1 aliphatic rings. The van der Waals surface area contributed by atoms with Crippen molar-refractivity contribution in [3.8, 4) is 5.75 Å². The van der Waals surface area contributed by atoms with E-state index in [1.165, 1.54) is 18.9 Å². The first-order valence-electron chi connectivity index (χ1n) is 7.51. The molecule has 1 amide bonds. The van der Waals surface area contributed by atoms with Crippen LogP contribution in [0, 0.1) is 0 Å². The van der Waals surface area contributed by atoms with Gasteiger partial charge < -0.3 is 9.84 Å². The van der Waals surface area contributed by atoms with E-state index in [1.54, 1.807) is 24.3 Å². The lowest BCUT2D eigenvalue weighted by Gasteiger charge is -2.27. The Kier molecular flexibility index (Phi) is 4.08. The molecule has 0 saturated carbocycles. The van der Waals surface area contributed by atoms with Gasteiger partial charge in [0.1, 0.15) is 5.75 Å². The molecule has 0 saturated heterocycles. The van der Waals surface area contributed by atoms with E-state index in [1.807, 2.05) is 30.3 Å². The summed E-state index contributed by atoms with van der Waals surface area (Å²) in [5.74, 6) is -0.843. The third-order valence-electron chi connectivity index (χ3n) is 4.03. The monoisotopic (exact) mass is 323 g/mol. The zero-order chi connectivity index (χ0) is 17.3. The summed E-state index contributed by atoms with van der Waals surface area (Å²) < 4.78 is 5.21. The molecule has 5 nitrogen and oxygen atoms in total. The highest BCUT2D eigenvalue weighted by atomic mass is 16.5. The molecule has 3 rings (SSSR count). The number of ketones is 1. The fourth-order valence-corrected chi connectivity index (χ4v) is 2.94. The number of methoxy groups -OCH3 is 1. The van der Waals surface area contributed by atoms with Crippen LogP contribution in [0.25, 0.3) is 0 Å². The maximum atomic E-state index is 12.6. The van der Waals surface area contributed by atoms with Crippen molar-refractivity contribution in [2.75, 3.05) is 12.0 Å². The predicted molar refractivity (Wildman–Crippen MR) is 90.0 cm³/mol. The van der Waals surface area contributed by atoms with Crippen molar-refractivity contribution >= 4 is 17.4 Å². The number of rotatable bonds is 4. The average molecular weight is 323 g/mol. The van der Waals surface area contributed by atoms with Gasteiger partial charge in [0, 0.05) is 11.8 Å². The number of nitrogens with zero attached hydrogens (tertiary/aromatic N) is 1. The van der Waals surface area contributed by atoms with Gasteiger partial charge >= 0.3 is 0 Å². The number of hydrogen-bond donors (Lipinski definition) is 1. The molecule has 2 aromatic carbocycles. The number of carbonyl (C=O) groups is 2. The number of aliphatic hydroxyl groups excluding tert-OH is 1. The van der Waals surface area contributed by atoms with Crippen LogP contribution in [-0.2, 0) is 9.59 Å². The van der Waals surface area contributed by atoms with Crippen LogP contribution in [0.3, 0.4) is 0 Å². The van der Waals surface area contributed by atoms with Gasteiger partial charge in [-0.3, -0.25) is 14.5 Å². The van der Waals surface area contributed by atoms with Crippen molar-refractivity contribution in [2.45, 2.75) is 13.0 Å². The highest BCUT2D eigenvalue weighted by Gasteiger charge is 2.43. The van der Waals surface area contributed by atoms with Gasteiger partial charge in [0.25, 0.3) is 5.91 Å². The summed E-state index contributed by atoms with van der Waals surface area (Å²) >= 11 is 0. The third-order valence-corrected chi connectivity index (χ3v) is 4.03. The summed E-state index contributed by atoms with van der Waals surface area (Å²) in [5.41, 5.74) is 1.41. The quantitative estimate of drug-likeness (QED) is 0.938. The van der Waals surface area contributed by atoms with Crippen molar-refractivity contribution in [2.24, 2.45) is 0 Å². The average Bonchev–Trinajstić information content (AvgIpc) is 2.87. The van der Waals surface area contributed by atoms with Crippen molar-refractivity contribution in [3.63, 3.8) is 0 Å². The van der Waals surface area contributed by atoms with Gasteiger partial charge in [-0.1, -0.05) is 36.4 Å². The SMILES string of the molecule is COc1cccc(N2C(=O)C(O)=C(C(C)=O)[C@@H]2c2ccccc2)c1. The molecule has 0 spiro atoms. The Morgan fingerprint density at radius 1 is 1.12 bits per heavy atom. The maximum absolute atomic E-state index is 12.6. The largest absolute Gasteiger partial charge is 0.503 e. The molecule has 5 heteroatoms. The van der Waals surface area contributed by atoms with Gasteiger partial charge in [0.15, 0.2) is 11.5 Å². The fraction of sp³-hybridized carbons (Fsp3) is 0.158. The van der Waals surface area contributed by atoms with Gasteiger partial charge in [-0.25, -0.2) is 0 Å². The second-order valence-electron chi connectivity index (χ2n) is 5.51. The Morgan fingerprint density at radius 3 is 2.46 bits per heavy atom. The number of ether oxygens (including phenoxy) is 1. The second-order valence-corrected chi connectivity index (χ2v) is 5.51. The van der Waals surface area contributed by atoms with Crippen LogP contribution in [0.1, 0.15) is 18.5 Å². The van der Waals surface area contributed by atoms with Crippen LogP contribution in [0.4, 0.5) is 5.69 Å². The van der Waals surface area contributed by atoms with E-state index in [2.05, 4.69) is 0 Å². The predicted octanol–water partition coefficient (Wildman–Crippen LogP) is 3.18. The molecule has 1 heterocycles. The van der Waals surface area contributed by atoms with E-state index < -0.39 is 17.7 Å². The number of amides is 1. The Balaban J connectivity index is 2.17. The Morgan fingerprint density at radius 2 is 1.83 bits per heavy atom. The number of hydrogen-bond acceptors (Lipinski definition) is 4. The van der Waals surface area contributed by atoms with Crippen LogP contribution in [0.2, 0.25) is 0 Å². The molecule has 24 heavy (non-hydrogen) atoms. The summed E-state index contributed by atoms with van der Waals surface area (Å²) in [6.07, 6.45) is 0. The number of anilines is 1. The lowest BCUT2D eigenvalue weighted by atomic mass is 9.96. The first-order valence-corrected chi connectivity index (χ1v) is 7.51. The summed E-state index contributed by atoms with van der Waals surface area (Å²) in [4.78, 5) is 26.1. The Labute approximate surface area is 139 Å². The molecule has 0 radical (unpaired) electrons. The maximum Gasteiger partial charge on any atom is 0.294 e. The van der Waals surface area contributed by atoms with E-state index in [-0.39, 0.29) is 11.4 Å². The minimum absolute atomic E-state index is 0.106. The molecule has 0 fully saturated rings. The number of aliphatic hydroxyl groups is 1. The fourth-order valence-electron chi connectivity index (χ4n) is 2.94. The normalized spacial score (nSPS) is 17.3. The van der Waals surface area contributed by atoms with Crippen LogP contribution in [-0.4, -0.2) is 23.9 Å². The summed E-state index contributed by atoms with van der Waals surface area (Å²) in [6, 6.07) is 15.5. The molecule has 0 aliphatic carbocycles. The Bertz CT molecular complexity index is 826. The molecule has 0 aromatic heterocycles. The van der Waals surface area contributed by atoms with Gasteiger partial charge in [0.2, 0.25) is 0 Å². The molecule has 0 unspecified atom stereocenters. The van der Waals surface area contributed by atoms with E-state index in [4.69, 9.17) is 4.74 Å². The zero-order valence-electron chi connectivity index (χ0n) is 13.4. The summed E-state index contributed by atoms with van der Waals surface area (Å²) in [6.45, 7) is 1.35. The van der Waals surface area contributed by atoms with E-state index in [0.717, 1.165) is 5.56 Å². The van der Waals surface area contributed by atoms with Crippen LogP contribution >= 0.6 is 0 Å². The van der Waals surface area contributed by atoms with Crippen molar-refractivity contribution < 1.29 is 19.4 Å². The highest BCUT2D eigenvalue weighted by molar-refractivity contribution is 6.16. The van der Waals surface area contributed by atoms with Gasteiger partial charge in [-0.15, -0.1) is 0 Å². The topological polar surface area (TPSA) is 66.8 Å². The molecule has 1 atom stereocenters. The molecule has 122 valence electrons. The van der Waals surface area contributed by atoms with E-state index >= 15 is 0 Å². The van der Waals surface area contributed by atoms with Gasteiger partial charge in [0.05, 0.1) is 18.7 Å². The molecular formula is C19H17NO4. The molecule has 0 bridgehead atoms. The van der Waals surface area contributed by atoms with Crippen molar-refractivity contribution in [3.05, 3.63) is 71.5 Å². The van der Waals surface area contributed by atoms with Crippen LogP contribution < -0.4 is 9.64 Å². The minimum atomic E-state index is -0.664. The lowest BCUT2D eigenvalue weighted by Crippen LogP contribution is -2.30. The first-order chi connectivity index (χ1) is 11.5. The first kappa shape index (κ1) is 15.8. The van der Waals surface area contributed by atoms with Crippen molar-refractivity contribution in [1.29, 1.82) is 0 Å². The van der Waals surface area contributed by atoms with Gasteiger partial charge in [-0.05, 0) is 24.6 Å². The lowest BCUT2D eigenvalue weighted by molar-refractivity contribution is -0.117. The summed E-state index contributed by atoms with van der Waals surface area (Å²) in [5, 5.41) is 10.3. The standard InChI is InChI=1S/C19H17NO4/c1-12(21)16-17(13-7-4-3-5-8-13)20(19(23)18(16)22)14-9-6-10-15(11-14)24-2/h3-11,17,22H,1-2H3/t17-/m0/s1. The molecule has 1 N–H and O–H groups in total. The molecular weight excluding hydrogens is 306 g/mol. The van der Waals surface area contributed by atoms with E-state index in [0.29, 0.717) is 11.4 Å². The number of Topliss-reactive ketones (excluding diaryl/α,β-unsaturated/α-hetero) is 1. The number of carbonyl (C=O) groups excluding carboxylic acids is 2. The highest BCUT2D eigenvalue weighted by Crippen LogP contribution is 2.41. The minimum Gasteiger partial charge on any atom is -0.503 e. The zero-order valence-corrected chi connectivity index (χ0v) is 13.4. The van der Waals surface area contributed by atoms with E-state index in [9.17, 15) is 14.7 Å². The second kappa shape index (κ2) is 6.20. The number of benzene rings is 2. The molecule has 1 aliphatic heterocycles. The molecule has 2 aromatic rings. The van der Waals surface area contributed by atoms with Crippen molar-refractivity contribution in [1.82, 2.24) is 0 Å². The third kappa shape index (κ3) is 2.54. The summed E-state index contributed by atoms with van der Waals surface area (Å²) in [7, 11) is 1.54. The smallest absolute Gasteiger partial charge is 0.294 e.